The molecule has 0 radical (unpaired) electrons. The average molecular weight is 564 g/mol. The highest BCUT2D eigenvalue weighted by molar-refractivity contribution is 9.10. The highest BCUT2D eigenvalue weighted by atomic mass is 79.9. The smallest absolute Gasteiger partial charge is 0.311 e. The number of carbonyl (C=O) groups excluding carboxylic acids is 1. The Labute approximate surface area is 221 Å². The van der Waals surface area contributed by atoms with Gasteiger partial charge >= 0.3 is 5.97 Å². The van der Waals surface area contributed by atoms with E-state index in [1.54, 1.807) is 4.90 Å². The molecule has 0 spiro atoms. The summed E-state index contributed by atoms with van der Waals surface area (Å²) in [4.78, 5) is 27.2. The number of hydrogen-bond donors (Lipinski definition) is 2. The van der Waals surface area contributed by atoms with Crippen LogP contribution in [-0.4, -0.2) is 49.1 Å². The topological polar surface area (TPSA) is 125 Å². The molecule has 0 atom stereocenters. The minimum absolute atomic E-state index is 0.0184. The number of amides is 1. The van der Waals surface area contributed by atoms with Crippen LogP contribution in [0.3, 0.4) is 0 Å². The molecule has 2 aliphatic rings. The Hall–Kier alpha value is -3.53. The van der Waals surface area contributed by atoms with Gasteiger partial charge in [-0.05, 0) is 64.5 Å². The lowest BCUT2D eigenvalue weighted by atomic mass is 9.85. The molecule has 4 aromatic rings. The second-order valence-corrected chi connectivity index (χ2v) is 10.9. The van der Waals surface area contributed by atoms with Crippen molar-refractivity contribution in [2.24, 2.45) is 11.3 Å². The number of aliphatic carboxylic acids is 1. The van der Waals surface area contributed by atoms with Crippen molar-refractivity contribution < 1.29 is 19.1 Å². The van der Waals surface area contributed by atoms with Crippen molar-refractivity contribution in [2.45, 2.75) is 45.1 Å². The van der Waals surface area contributed by atoms with Gasteiger partial charge in [0, 0.05) is 35.5 Å². The molecule has 2 N–H and O–H groups in total. The van der Waals surface area contributed by atoms with Gasteiger partial charge < -0.3 is 14.4 Å². The molecular formula is C27H26BrN5O4. The number of carboxylic acids is 1. The number of aromatic amines is 1. The molecule has 6 rings (SSSR count). The molecule has 2 aliphatic carbocycles. The van der Waals surface area contributed by atoms with Gasteiger partial charge in [0.2, 0.25) is 11.7 Å². The van der Waals surface area contributed by atoms with Crippen LogP contribution in [0.4, 0.5) is 0 Å². The molecule has 10 heteroatoms. The number of rotatable bonds is 8. The Morgan fingerprint density at radius 2 is 1.89 bits per heavy atom. The van der Waals surface area contributed by atoms with Crippen LogP contribution in [0.2, 0.25) is 0 Å². The predicted molar refractivity (Wildman–Crippen MR) is 139 cm³/mol. The first-order valence-electron chi connectivity index (χ1n) is 12.5. The second-order valence-electron chi connectivity index (χ2n) is 10.1. The van der Waals surface area contributed by atoms with Gasteiger partial charge in [-0.25, -0.2) is 0 Å². The molecule has 2 saturated carbocycles. The van der Waals surface area contributed by atoms with E-state index in [2.05, 4.69) is 36.6 Å². The third-order valence-corrected chi connectivity index (χ3v) is 8.36. The highest BCUT2D eigenvalue weighted by Gasteiger charge is 2.45. The van der Waals surface area contributed by atoms with Gasteiger partial charge in [-0.1, -0.05) is 43.2 Å². The number of carbonyl (C=O) groups is 2. The van der Waals surface area contributed by atoms with Crippen molar-refractivity contribution >= 4 is 38.8 Å². The van der Waals surface area contributed by atoms with Crippen LogP contribution in [0.15, 0.2) is 51.4 Å². The van der Waals surface area contributed by atoms with E-state index in [0.717, 1.165) is 52.2 Å². The zero-order valence-electron chi connectivity index (χ0n) is 20.1. The quantitative estimate of drug-likeness (QED) is 0.293. The first-order valence-corrected chi connectivity index (χ1v) is 13.3. The summed E-state index contributed by atoms with van der Waals surface area (Å²) in [7, 11) is 0. The van der Waals surface area contributed by atoms with E-state index in [1.165, 1.54) is 0 Å². The minimum Gasteiger partial charge on any atom is -0.481 e. The first kappa shape index (κ1) is 23.8. The SMILES string of the molecule is O=C(C1CC1)N(Cc1ccc2oc(-c3ccccc3-c3nn[nH]n3)c(Br)c2c1)CC1(C(=O)O)CCCC1. The fourth-order valence-electron chi connectivity index (χ4n) is 5.42. The number of fused-ring (bicyclic) bond motifs is 1. The van der Waals surface area contributed by atoms with Crippen molar-refractivity contribution in [1.29, 1.82) is 0 Å². The van der Waals surface area contributed by atoms with Gasteiger partial charge in [0.1, 0.15) is 11.3 Å². The van der Waals surface area contributed by atoms with E-state index in [-0.39, 0.29) is 18.4 Å². The molecule has 0 bridgehead atoms. The van der Waals surface area contributed by atoms with E-state index in [4.69, 9.17) is 4.42 Å². The van der Waals surface area contributed by atoms with Gasteiger partial charge in [0.05, 0.1) is 9.89 Å². The zero-order chi connectivity index (χ0) is 25.6. The molecular weight excluding hydrogens is 538 g/mol. The Balaban J connectivity index is 1.34. The number of furan rings is 1. The zero-order valence-corrected chi connectivity index (χ0v) is 21.7. The third kappa shape index (κ3) is 4.43. The number of halogens is 1. The van der Waals surface area contributed by atoms with Gasteiger partial charge in [-0.15, -0.1) is 10.2 Å². The van der Waals surface area contributed by atoms with Gasteiger partial charge in [-0.3, -0.25) is 9.59 Å². The molecule has 2 heterocycles. The maximum absolute atomic E-state index is 13.2. The highest BCUT2D eigenvalue weighted by Crippen LogP contribution is 2.43. The van der Waals surface area contributed by atoms with E-state index in [9.17, 15) is 14.7 Å². The predicted octanol–water partition coefficient (Wildman–Crippen LogP) is 5.43. The van der Waals surface area contributed by atoms with Crippen LogP contribution in [0.5, 0.6) is 0 Å². The molecule has 190 valence electrons. The number of nitrogens with zero attached hydrogens (tertiary/aromatic N) is 4. The number of aromatic nitrogens is 4. The summed E-state index contributed by atoms with van der Waals surface area (Å²) >= 11 is 3.73. The standard InChI is InChI=1S/C27H26BrN5O4/c28-22-20-13-16(14-33(25(34)17-8-9-17)15-27(26(35)36)11-3-4-12-27)7-10-21(20)37-23(22)18-5-1-2-6-19(18)24-29-31-32-30-24/h1-2,5-7,10,13,17H,3-4,8-9,11-12,14-15H2,(H,35,36)(H,29,30,31,32). The van der Waals surface area contributed by atoms with Crippen molar-refractivity contribution in [3.8, 4) is 22.7 Å². The van der Waals surface area contributed by atoms with Gasteiger partial charge in [0.15, 0.2) is 0 Å². The third-order valence-electron chi connectivity index (χ3n) is 7.57. The Kier molecular flexibility index (Phi) is 6.06. The van der Waals surface area contributed by atoms with Crippen LogP contribution in [0.1, 0.15) is 44.1 Å². The lowest BCUT2D eigenvalue weighted by Gasteiger charge is -2.32. The Morgan fingerprint density at radius 1 is 1.14 bits per heavy atom. The van der Waals surface area contributed by atoms with Crippen molar-refractivity contribution in [1.82, 2.24) is 25.5 Å². The number of carboxylic acid groups (broad SMARTS) is 1. The van der Waals surface area contributed by atoms with E-state index in [0.29, 0.717) is 36.6 Å². The molecule has 9 nitrogen and oxygen atoms in total. The van der Waals surface area contributed by atoms with Crippen LogP contribution in [0, 0.1) is 11.3 Å². The summed E-state index contributed by atoms with van der Waals surface area (Å²) in [5.74, 6) is 0.404. The van der Waals surface area contributed by atoms with Gasteiger partial charge in [-0.2, -0.15) is 5.21 Å². The van der Waals surface area contributed by atoms with Gasteiger partial charge in [0.25, 0.3) is 0 Å². The van der Waals surface area contributed by atoms with Crippen LogP contribution in [-0.2, 0) is 16.1 Å². The number of H-pyrrole nitrogens is 1. The summed E-state index contributed by atoms with van der Waals surface area (Å²) in [6, 6.07) is 13.5. The van der Waals surface area contributed by atoms with E-state index in [1.807, 2.05) is 42.5 Å². The summed E-state index contributed by atoms with van der Waals surface area (Å²) < 4.78 is 7.03. The molecule has 2 aromatic carbocycles. The minimum atomic E-state index is -0.850. The summed E-state index contributed by atoms with van der Waals surface area (Å²) in [5, 5.41) is 25.3. The van der Waals surface area contributed by atoms with Crippen molar-refractivity contribution in [2.75, 3.05) is 6.54 Å². The van der Waals surface area contributed by atoms with Crippen molar-refractivity contribution in [3.63, 3.8) is 0 Å². The van der Waals surface area contributed by atoms with Crippen LogP contribution in [0.25, 0.3) is 33.7 Å². The number of nitrogens with one attached hydrogen (secondary N) is 1. The lowest BCUT2D eigenvalue weighted by Crippen LogP contribution is -2.44. The molecule has 1 amide bonds. The molecule has 0 unspecified atom stereocenters. The second kappa shape index (κ2) is 9.41. The largest absolute Gasteiger partial charge is 0.481 e. The van der Waals surface area contributed by atoms with Crippen LogP contribution < -0.4 is 0 Å². The molecule has 0 saturated heterocycles. The van der Waals surface area contributed by atoms with E-state index < -0.39 is 11.4 Å². The monoisotopic (exact) mass is 563 g/mol. The van der Waals surface area contributed by atoms with E-state index >= 15 is 0 Å². The maximum atomic E-state index is 13.2. The van der Waals surface area contributed by atoms with Crippen LogP contribution >= 0.6 is 15.9 Å². The fraction of sp³-hybridized carbons (Fsp3) is 0.370. The Bertz CT molecular complexity index is 1470. The molecule has 2 fully saturated rings. The normalized spacial score (nSPS) is 16.8. The summed E-state index contributed by atoms with van der Waals surface area (Å²) in [6.45, 7) is 0.623. The number of hydrogen-bond acceptors (Lipinski definition) is 6. The molecule has 37 heavy (non-hydrogen) atoms. The molecule has 0 aliphatic heterocycles. The fourth-order valence-corrected chi connectivity index (χ4v) is 6.02. The maximum Gasteiger partial charge on any atom is 0.311 e. The lowest BCUT2D eigenvalue weighted by molar-refractivity contribution is -0.152. The number of tetrazole rings is 1. The van der Waals surface area contributed by atoms with Crippen molar-refractivity contribution in [3.05, 3.63) is 52.5 Å². The average Bonchev–Trinajstić information content (AvgIpc) is 3.27. The molecule has 2 aromatic heterocycles. The summed E-state index contributed by atoms with van der Waals surface area (Å²) in [5.41, 5.74) is 2.39. The number of benzene rings is 2. The first-order chi connectivity index (χ1) is 17.9. The summed E-state index contributed by atoms with van der Waals surface area (Å²) in [6.07, 6.45) is 4.77. The Morgan fingerprint density at radius 3 is 2.57 bits per heavy atom.